The number of nitrogens with zero attached hydrogens (tertiary/aromatic N) is 2. The minimum Gasteiger partial charge on any atom is -0.497 e. The molecule has 2 heterocycles. The molecule has 0 bridgehead atoms. The maximum atomic E-state index is 5.33. The number of hydrogen-bond donors (Lipinski definition) is 0. The highest BCUT2D eigenvalue weighted by molar-refractivity contribution is 7.16. The van der Waals surface area contributed by atoms with E-state index >= 15 is 0 Å². The van der Waals surface area contributed by atoms with Crippen molar-refractivity contribution < 1.29 is 4.74 Å². The van der Waals surface area contributed by atoms with Crippen LogP contribution in [0.15, 0.2) is 66.3 Å². The Morgan fingerprint density at radius 1 is 0.913 bits per heavy atom. The molecule has 0 aliphatic heterocycles. The quantitative estimate of drug-likeness (QED) is 0.531. The molecule has 4 aromatic rings. The van der Waals surface area contributed by atoms with E-state index in [0.29, 0.717) is 0 Å². The number of benzene rings is 2. The van der Waals surface area contributed by atoms with Gasteiger partial charge in [0.05, 0.1) is 28.5 Å². The van der Waals surface area contributed by atoms with Gasteiger partial charge >= 0.3 is 0 Å². The topological polar surface area (TPSA) is 35.0 Å². The molecule has 4 heteroatoms. The van der Waals surface area contributed by atoms with Crippen LogP contribution in [0.3, 0.4) is 0 Å². The van der Waals surface area contributed by atoms with Crippen LogP contribution in [0.25, 0.3) is 32.6 Å². The second-order valence-corrected chi connectivity index (χ2v) is 6.05. The molecule has 0 unspecified atom stereocenters. The van der Waals surface area contributed by atoms with Gasteiger partial charge in [0.2, 0.25) is 0 Å². The van der Waals surface area contributed by atoms with Gasteiger partial charge in [0, 0.05) is 17.3 Å². The zero-order valence-electron chi connectivity index (χ0n) is 12.6. The van der Waals surface area contributed by atoms with E-state index in [0.717, 1.165) is 33.7 Å². The molecule has 0 aliphatic carbocycles. The minimum absolute atomic E-state index is 0.831. The van der Waals surface area contributed by atoms with E-state index in [4.69, 9.17) is 4.74 Å². The third-order valence-electron chi connectivity index (χ3n) is 3.79. The van der Waals surface area contributed by atoms with Gasteiger partial charge in [-0.25, -0.2) is 4.98 Å². The molecule has 0 amide bonds. The average molecular weight is 318 g/mol. The lowest BCUT2D eigenvalue weighted by atomic mass is 9.99. The summed E-state index contributed by atoms with van der Waals surface area (Å²) in [7, 11) is 1.68. The summed E-state index contributed by atoms with van der Waals surface area (Å²) in [6.45, 7) is 0. The molecule has 4 rings (SSSR count). The van der Waals surface area contributed by atoms with Gasteiger partial charge in [0.15, 0.2) is 0 Å². The molecule has 112 valence electrons. The highest BCUT2D eigenvalue weighted by Gasteiger charge is 2.10. The lowest BCUT2D eigenvalue weighted by molar-refractivity contribution is 0.415. The lowest BCUT2D eigenvalue weighted by Crippen LogP contribution is -1.90. The molecular weight excluding hydrogens is 304 g/mol. The van der Waals surface area contributed by atoms with Gasteiger partial charge in [-0.2, -0.15) is 0 Å². The summed E-state index contributed by atoms with van der Waals surface area (Å²) < 4.78 is 6.52. The number of rotatable bonds is 3. The van der Waals surface area contributed by atoms with Crippen molar-refractivity contribution in [1.29, 1.82) is 0 Å². The van der Waals surface area contributed by atoms with Crippen LogP contribution >= 0.6 is 11.3 Å². The van der Waals surface area contributed by atoms with Gasteiger partial charge in [-0.05, 0) is 35.9 Å². The first-order valence-corrected chi connectivity index (χ1v) is 8.16. The first kappa shape index (κ1) is 13.9. The van der Waals surface area contributed by atoms with Crippen LogP contribution in [0.2, 0.25) is 0 Å². The molecule has 0 N–H and O–H groups in total. The Hall–Kier alpha value is -2.72. The monoisotopic (exact) mass is 318 g/mol. The number of ether oxygens (including phenoxy) is 1. The van der Waals surface area contributed by atoms with Crippen molar-refractivity contribution in [3.05, 3.63) is 66.3 Å². The largest absolute Gasteiger partial charge is 0.497 e. The number of methoxy groups -OCH3 is 1. The number of fused-ring (bicyclic) bond motifs is 1. The van der Waals surface area contributed by atoms with E-state index in [2.05, 4.69) is 40.3 Å². The summed E-state index contributed by atoms with van der Waals surface area (Å²) in [6, 6.07) is 18.4. The molecule has 0 saturated heterocycles. The van der Waals surface area contributed by atoms with E-state index < -0.39 is 0 Å². The van der Waals surface area contributed by atoms with Crippen molar-refractivity contribution in [1.82, 2.24) is 9.97 Å². The predicted molar refractivity (Wildman–Crippen MR) is 94.8 cm³/mol. The summed E-state index contributed by atoms with van der Waals surface area (Å²) in [5.41, 5.74) is 7.16. The van der Waals surface area contributed by atoms with Crippen molar-refractivity contribution in [2.45, 2.75) is 0 Å². The molecule has 0 spiro atoms. The van der Waals surface area contributed by atoms with E-state index in [1.165, 1.54) is 4.70 Å². The van der Waals surface area contributed by atoms with E-state index in [9.17, 15) is 0 Å². The van der Waals surface area contributed by atoms with Crippen LogP contribution < -0.4 is 4.74 Å². The smallest absolute Gasteiger partial charge is 0.119 e. The maximum absolute atomic E-state index is 5.33. The van der Waals surface area contributed by atoms with Crippen molar-refractivity contribution in [3.8, 4) is 28.1 Å². The number of pyridine rings is 1. The maximum Gasteiger partial charge on any atom is 0.119 e. The van der Waals surface area contributed by atoms with E-state index in [1.807, 2.05) is 36.0 Å². The SMILES string of the molecule is COc1cccc(-c2ncccc2-c2ccc3ncsc3c2)c1. The fourth-order valence-electron chi connectivity index (χ4n) is 2.66. The van der Waals surface area contributed by atoms with E-state index in [-0.39, 0.29) is 0 Å². The molecule has 23 heavy (non-hydrogen) atoms. The number of hydrogen-bond acceptors (Lipinski definition) is 4. The number of aromatic nitrogens is 2. The lowest BCUT2D eigenvalue weighted by Gasteiger charge is -2.10. The average Bonchev–Trinajstić information content (AvgIpc) is 3.09. The standard InChI is InChI=1S/C19H14N2OS/c1-22-15-5-2-4-14(10-15)19-16(6-3-9-20-19)13-7-8-17-18(11-13)23-12-21-17/h2-12H,1H3. The Balaban J connectivity index is 1.89. The molecule has 0 aliphatic rings. The van der Waals surface area contributed by atoms with Crippen molar-refractivity contribution in [2.75, 3.05) is 7.11 Å². The molecule has 3 nitrogen and oxygen atoms in total. The molecular formula is C19H14N2OS. The van der Waals surface area contributed by atoms with Gasteiger partial charge in [-0.3, -0.25) is 4.98 Å². The summed E-state index contributed by atoms with van der Waals surface area (Å²) in [5, 5.41) is 0. The Bertz CT molecular complexity index is 978. The Morgan fingerprint density at radius 2 is 1.87 bits per heavy atom. The summed E-state index contributed by atoms with van der Waals surface area (Å²) >= 11 is 1.65. The predicted octanol–water partition coefficient (Wildman–Crippen LogP) is 5.03. The van der Waals surface area contributed by atoms with Gasteiger partial charge in [-0.15, -0.1) is 11.3 Å². The molecule has 0 saturated carbocycles. The normalized spacial score (nSPS) is 10.8. The minimum atomic E-state index is 0.831. The van der Waals surface area contributed by atoms with Gasteiger partial charge in [0.1, 0.15) is 5.75 Å². The van der Waals surface area contributed by atoms with Gasteiger partial charge in [-0.1, -0.05) is 24.3 Å². The third-order valence-corrected chi connectivity index (χ3v) is 4.58. The van der Waals surface area contributed by atoms with Gasteiger partial charge in [0.25, 0.3) is 0 Å². The second kappa shape index (κ2) is 5.82. The first-order valence-electron chi connectivity index (χ1n) is 7.28. The van der Waals surface area contributed by atoms with Crippen LogP contribution in [-0.2, 0) is 0 Å². The van der Waals surface area contributed by atoms with Crippen LogP contribution in [0.4, 0.5) is 0 Å². The van der Waals surface area contributed by atoms with Crippen LogP contribution in [-0.4, -0.2) is 17.1 Å². The Labute approximate surface area is 138 Å². The Morgan fingerprint density at radius 3 is 2.78 bits per heavy atom. The third kappa shape index (κ3) is 2.58. The van der Waals surface area contributed by atoms with Crippen molar-refractivity contribution >= 4 is 21.6 Å². The molecule has 2 aromatic heterocycles. The van der Waals surface area contributed by atoms with E-state index in [1.54, 1.807) is 18.4 Å². The summed E-state index contributed by atoms with van der Waals surface area (Å²) in [6.07, 6.45) is 1.82. The highest BCUT2D eigenvalue weighted by Crippen LogP contribution is 2.33. The highest BCUT2D eigenvalue weighted by atomic mass is 32.1. The summed E-state index contributed by atoms with van der Waals surface area (Å²) in [5.74, 6) is 0.831. The van der Waals surface area contributed by atoms with Crippen molar-refractivity contribution in [2.24, 2.45) is 0 Å². The first-order chi connectivity index (χ1) is 11.3. The van der Waals surface area contributed by atoms with Crippen LogP contribution in [0, 0.1) is 0 Å². The zero-order valence-corrected chi connectivity index (χ0v) is 13.4. The van der Waals surface area contributed by atoms with Crippen molar-refractivity contribution in [3.63, 3.8) is 0 Å². The van der Waals surface area contributed by atoms with Gasteiger partial charge < -0.3 is 4.74 Å². The molecule has 0 atom stereocenters. The number of thiazole rings is 1. The molecule has 2 aromatic carbocycles. The van der Waals surface area contributed by atoms with Crippen LogP contribution in [0.5, 0.6) is 5.75 Å². The fraction of sp³-hybridized carbons (Fsp3) is 0.0526. The molecule has 0 radical (unpaired) electrons. The fourth-order valence-corrected chi connectivity index (χ4v) is 3.38. The zero-order chi connectivity index (χ0) is 15.6. The summed E-state index contributed by atoms with van der Waals surface area (Å²) in [4.78, 5) is 8.94. The molecule has 0 fully saturated rings. The second-order valence-electron chi connectivity index (χ2n) is 5.17. The van der Waals surface area contributed by atoms with Crippen LogP contribution in [0.1, 0.15) is 0 Å². The Kier molecular flexibility index (Phi) is 3.52.